The van der Waals surface area contributed by atoms with Gasteiger partial charge in [0.05, 0.1) is 11.1 Å². The van der Waals surface area contributed by atoms with Gasteiger partial charge in [-0.05, 0) is 0 Å². The maximum atomic E-state index is 10.0. The Morgan fingerprint density at radius 2 is 2.56 bits per heavy atom. The highest BCUT2D eigenvalue weighted by Crippen LogP contribution is 1.98. The molecular weight excluding hydrogens is 120 g/mol. The fourth-order valence-corrected chi connectivity index (χ4v) is 0.573. The zero-order valence-electron chi connectivity index (χ0n) is 4.70. The van der Waals surface area contributed by atoms with Gasteiger partial charge in [-0.2, -0.15) is 0 Å². The number of nitrogens with one attached hydrogen (secondary N) is 1. The molecule has 4 heteroatoms. The van der Waals surface area contributed by atoms with Crippen LogP contribution in [0.4, 0.5) is 0 Å². The predicted octanol–water partition coefficient (Wildman–Crippen LogP) is 0.264. The zero-order valence-corrected chi connectivity index (χ0v) is 4.70. The van der Waals surface area contributed by atoms with Crippen molar-refractivity contribution in [3.05, 3.63) is 34.2 Å². The van der Waals surface area contributed by atoms with E-state index in [1.54, 1.807) is 6.08 Å². The average Bonchev–Trinajstić information content (AvgIpc) is 1.90. The minimum atomic E-state index is -0.428. The molecule has 4 nitrogen and oxygen atoms in total. The van der Waals surface area contributed by atoms with Gasteiger partial charge in [-0.1, -0.05) is 6.08 Å². The Morgan fingerprint density at radius 3 is 2.89 bits per heavy atom. The molecule has 0 amide bonds. The fourth-order valence-electron chi connectivity index (χ4n) is 0.573. The van der Waals surface area contributed by atoms with Crippen molar-refractivity contribution in [1.82, 2.24) is 5.32 Å². The van der Waals surface area contributed by atoms with Crippen molar-refractivity contribution < 1.29 is 4.92 Å². The molecular formula is C5H6N2O2. The fraction of sp³-hybridized carbons (Fsp3) is 0.200. The topological polar surface area (TPSA) is 55.2 Å². The van der Waals surface area contributed by atoms with Crippen LogP contribution in [0.15, 0.2) is 24.0 Å². The summed E-state index contributed by atoms with van der Waals surface area (Å²) in [5.41, 5.74) is 0.112. The van der Waals surface area contributed by atoms with E-state index in [1.807, 2.05) is 0 Å². The first-order chi connectivity index (χ1) is 4.30. The third-order valence-electron chi connectivity index (χ3n) is 0.985. The SMILES string of the molecule is O=[N+]([O-])C1=CNCC=C1. The van der Waals surface area contributed by atoms with Crippen LogP contribution in [-0.4, -0.2) is 11.5 Å². The number of hydrogen-bond acceptors (Lipinski definition) is 3. The van der Waals surface area contributed by atoms with E-state index in [0.29, 0.717) is 6.54 Å². The van der Waals surface area contributed by atoms with Gasteiger partial charge in [0.2, 0.25) is 0 Å². The average molecular weight is 126 g/mol. The summed E-state index contributed by atoms with van der Waals surface area (Å²) in [5, 5.41) is 12.7. The van der Waals surface area contributed by atoms with E-state index in [0.717, 1.165) is 0 Å². The molecule has 0 unspecified atom stereocenters. The smallest absolute Gasteiger partial charge is 0.284 e. The van der Waals surface area contributed by atoms with E-state index in [2.05, 4.69) is 5.32 Å². The lowest BCUT2D eigenvalue weighted by molar-refractivity contribution is -0.419. The maximum Gasteiger partial charge on any atom is 0.284 e. The predicted molar refractivity (Wildman–Crippen MR) is 32.2 cm³/mol. The molecule has 0 aromatic heterocycles. The van der Waals surface area contributed by atoms with Crippen LogP contribution in [0.2, 0.25) is 0 Å². The molecule has 1 aliphatic rings. The van der Waals surface area contributed by atoms with Crippen molar-refractivity contribution in [2.75, 3.05) is 6.54 Å². The van der Waals surface area contributed by atoms with E-state index in [9.17, 15) is 10.1 Å². The number of rotatable bonds is 1. The number of dihydropyridines is 1. The molecule has 1 heterocycles. The molecule has 0 saturated carbocycles. The van der Waals surface area contributed by atoms with Gasteiger partial charge >= 0.3 is 0 Å². The Hall–Kier alpha value is -1.32. The van der Waals surface area contributed by atoms with Crippen LogP contribution in [0.1, 0.15) is 0 Å². The monoisotopic (exact) mass is 126 g/mol. The first kappa shape index (κ1) is 5.81. The minimum absolute atomic E-state index is 0.112. The van der Waals surface area contributed by atoms with Gasteiger partial charge < -0.3 is 5.32 Å². The van der Waals surface area contributed by atoms with E-state index >= 15 is 0 Å². The largest absolute Gasteiger partial charge is 0.382 e. The van der Waals surface area contributed by atoms with Crippen molar-refractivity contribution in [2.45, 2.75) is 0 Å². The Morgan fingerprint density at radius 1 is 1.78 bits per heavy atom. The number of nitrogens with zero attached hydrogens (tertiary/aromatic N) is 1. The molecule has 0 atom stereocenters. The van der Waals surface area contributed by atoms with Crippen LogP contribution in [-0.2, 0) is 0 Å². The van der Waals surface area contributed by atoms with E-state index in [-0.39, 0.29) is 5.70 Å². The summed E-state index contributed by atoms with van der Waals surface area (Å²) in [6.07, 6.45) is 4.58. The molecule has 0 bridgehead atoms. The van der Waals surface area contributed by atoms with Gasteiger partial charge in [-0.15, -0.1) is 0 Å². The van der Waals surface area contributed by atoms with Crippen LogP contribution in [0.25, 0.3) is 0 Å². The standard InChI is InChI=1S/C5H6N2O2/c8-7(9)5-2-1-3-6-4-5/h1-2,4,6H,3H2. The highest BCUT2D eigenvalue weighted by atomic mass is 16.6. The van der Waals surface area contributed by atoms with Gasteiger partial charge in [0, 0.05) is 12.6 Å². The molecule has 1 N–H and O–H groups in total. The quantitative estimate of drug-likeness (QED) is 0.405. The lowest BCUT2D eigenvalue weighted by Crippen LogP contribution is -2.12. The van der Waals surface area contributed by atoms with E-state index in [4.69, 9.17) is 0 Å². The Labute approximate surface area is 52.0 Å². The van der Waals surface area contributed by atoms with Crippen molar-refractivity contribution >= 4 is 0 Å². The van der Waals surface area contributed by atoms with Crippen LogP contribution in [0.3, 0.4) is 0 Å². The minimum Gasteiger partial charge on any atom is -0.382 e. The number of hydrogen-bond donors (Lipinski definition) is 1. The summed E-state index contributed by atoms with van der Waals surface area (Å²) in [5.74, 6) is 0. The summed E-state index contributed by atoms with van der Waals surface area (Å²) in [6.45, 7) is 0.678. The number of allylic oxidation sites excluding steroid dienone is 1. The molecule has 0 aromatic carbocycles. The second-order valence-electron chi connectivity index (χ2n) is 1.64. The first-order valence-electron chi connectivity index (χ1n) is 2.55. The van der Waals surface area contributed by atoms with Crippen LogP contribution in [0, 0.1) is 10.1 Å². The Bertz CT molecular complexity index is 183. The van der Waals surface area contributed by atoms with E-state index in [1.165, 1.54) is 12.3 Å². The molecule has 0 aromatic rings. The molecule has 9 heavy (non-hydrogen) atoms. The van der Waals surface area contributed by atoms with Crippen molar-refractivity contribution in [3.8, 4) is 0 Å². The highest BCUT2D eigenvalue weighted by Gasteiger charge is 2.06. The van der Waals surface area contributed by atoms with Gasteiger partial charge in [-0.25, -0.2) is 0 Å². The van der Waals surface area contributed by atoms with E-state index < -0.39 is 4.92 Å². The van der Waals surface area contributed by atoms with Crippen LogP contribution >= 0.6 is 0 Å². The molecule has 48 valence electrons. The van der Waals surface area contributed by atoms with Crippen molar-refractivity contribution in [3.63, 3.8) is 0 Å². The summed E-state index contributed by atoms with van der Waals surface area (Å²) in [4.78, 5) is 9.57. The lowest BCUT2D eigenvalue weighted by Gasteiger charge is -1.99. The summed E-state index contributed by atoms with van der Waals surface area (Å²) in [7, 11) is 0. The Balaban J connectivity index is 2.69. The number of nitro groups is 1. The zero-order chi connectivity index (χ0) is 6.69. The first-order valence-corrected chi connectivity index (χ1v) is 2.55. The van der Waals surface area contributed by atoms with Gasteiger partial charge in [0.1, 0.15) is 0 Å². The lowest BCUT2D eigenvalue weighted by atomic mass is 10.3. The molecule has 1 aliphatic heterocycles. The van der Waals surface area contributed by atoms with Crippen LogP contribution in [0.5, 0.6) is 0 Å². The van der Waals surface area contributed by atoms with Gasteiger partial charge in [-0.3, -0.25) is 10.1 Å². The van der Waals surface area contributed by atoms with Crippen molar-refractivity contribution in [2.24, 2.45) is 0 Å². The molecule has 0 aliphatic carbocycles. The second kappa shape index (κ2) is 2.30. The maximum absolute atomic E-state index is 10.0. The Kier molecular flexibility index (Phi) is 1.48. The van der Waals surface area contributed by atoms with Gasteiger partial charge in [0.25, 0.3) is 5.70 Å². The second-order valence-corrected chi connectivity index (χ2v) is 1.64. The van der Waals surface area contributed by atoms with Gasteiger partial charge in [0.15, 0.2) is 0 Å². The summed E-state index contributed by atoms with van der Waals surface area (Å²) in [6, 6.07) is 0. The summed E-state index contributed by atoms with van der Waals surface area (Å²) < 4.78 is 0. The normalized spacial score (nSPS) is 16.2. The molecule has 0 spiro atoms. The van der Waals surface area contributed by atoms with Crippen LogP contribution < -0.4 is 5.32 Å². The molecule has 0 fully saturated rings. The molecule has 0 radical (unpaired) electrons. The molecule has 0 saturated heterocycles. The third kappa shape index (κ3) is 1.28. The molecule has 1 rings (SSSR count). The van der Waals surface area contributed by atoms with Crippen molar-refractivity contribution in [1.29, 1.82) is 0 Å². The highest BCUT2D eigenvalue weighted by molar-refractivity contribution is 5.14. The summed E-state index contributed by atoms with van der Waals surface area (Å²) >= 11 is 0. The third-order valence-corrected chi connectivity index (χ3v) is 0.985.